The summed E-state index contributed by atoms with van der Waals surface area (Å²) in [6.07, 6.45) is 4.05. The summed E-state index contributed by atoms with van der Waals surface area (Å²) >= 11 is 0. The van der Waals surface area contributed by atoms with E-state index in [1.807, 2.05) is 24.3 Å². The first-order chi connectivity index (χ1) is 10.0. The van der Waals surface area contributed by atoms with Crippen LogP contribution in [0.15, 0.2) is 24.3 Å². The molecule has 0 saturated carbocycles. The maximum absolute atomic E-state index is 9.73. The van der Waals surface area contributed by atoms with Gasteiger partial charge in [-0.3, -0.25) is 0 Å². The molecule has 3 atom stereocenters. The molecule has 1 aromatic carbocycles. The second-order valence-electron chi connectivity index (χ2n) is 5.92. The van der Waals surface area contributed by atoms with Gasteiger partial charge in [-0.15, -0.1) is 0 Å². The van der Waals surface area contributed by atoms with E-state index >= 15 is 0 Å². The highest BCUT2D eigenvalue weighted by atomic mass is 16.5. The van der Waals surface area contributed by atoms with Crippen molar-refractivity contribution in [2.24, 2.45) is 0 Å². The number of benzene rings is 1. The van der Waals surface area contributed by atoms with Crippen LogP contribution in [0.3, 0.4) is 0 Å². The maximum Gasteiger partial charge on any atom is 0.119 e. The van der Waals surface area contributed by atoms with Crippen LogP contribution in [-0.4, -0.2) is 29.0 Å². The van der Waals surface area contributed by atoms with Gasteiger partial charge in [-0.05, 0) is 43.4 Å². The Morgan fingerprint density at radius 1 is 1.00 bits per heavy atom. The van der Waals surface area contributed by atoms with E-state index in [9.17, 15) is 10.2 Å². The fourth-order valence-electron chi connectivity index (χ4n) is 2.31. The molecule has 0 aliphatic heterocycles. The van der Waals surface area contributed by atoms with E-state index in [-0.39, 0.29) is 5.92 Å². The van der Waals surface area contributed by atoms with Crippen LogP contribution in [-0.2, 0) is 0 Å². The Hall–Kier alpha value is -1.06. The van der Waals surface area contributed by atoms with Crippen molar-refractivity contribution in [3.8, 4) is 5.75 Å². The van der Waals surface area contributed by atoms with E-state index in [0.717, 1.165) is 24.3 Å². The van der Waals surface area contributed by atoms with Crippen LogP contribution in [0.5, 0.6) is 5.75 Å². The number of ether oxygens (including phenoxy) is 1. The van der Waals surface area contributed by atoms with Crippen molar-refractivity contribution in [3.05, 3.63) is 29.8 Å². The molecule has 0 aliphatic rings. The maximum atomic E-state index is 9.73. The summed E-state index contributed by atoms with van der Waals surface area (Å²) in [6.45, 7) is 6.66. The van der Waals surface area contributed by atoms with Crippen LogP contribution in [0.1, 0.15) is 64.4 Å². The van der Waals surface area contributed by atoms with Crippen LogP contribution < -0.4 is 4.74 Å². The van der Waals surface area contributed by atoms with Gasteiger partial charge in [-0.25, -0.2) is 0 Å². The smallest absolute Gasteiger partial charge is 0.119 e. The van der Waals surface area contributed by atoms with E-state index in [1.54, 1.807) is 6.92 Å². The van der Waals surface area contributed by atoms with Gasteiger partial charge in [0.1, 0.15) is 5.75 Å². The number of unbranched alkanes of at least 4 members (excludes halogenated alkanes) is 3. The number of aliphatic hydroxyl groups is 2. The Bertz CT molecular complexity index is 373. The predicted molar refractivity (Wildman–Crippen MR) is 86.8 cm³/mol. The van der Waals surface area contributed by atoms with Gasteiger partial charge >= 0.3 is 0 Å². The lowest BCUT2D eigenvalue weighted by Crippen LogP contribution is -2.24. The molecule has 0 bridgehead atoms. The van der Waals surface area contributed by atoms with Crippen molar-refractivity contribution in [2.75, 3.05) is 6.61 Å². The topological polar surface area (TPSA) is 49.7 Å². The van der Waals surface area contributed by atoms with Crippen LogP contribution in [0.4, 0.5) is 0 Å². The minimum absolute atomic E-state index is 0.216. The van der Waals surface area contributed by atoms with E-state index in [0.29, 0.717) is 6.42 Å². The van der Waals surface area contributed by atoms with Crippen LogP contribution in [0, 0.1) is 0 Å². The highest BCUT2D eigenvalue weighted by molar-refractivity contribution is 5.29. The predicted octanol–water partition coefficient (Wildman–Crippen LogP) is 3.88. The lowest BCUT2D eigenvalue weighted by atomic mass is 9.93. The fraction of sp³-hybridized carbons (Fsp3) is 0.667. The summed E-state index contributed by atoms with van der Waals surface area (Å²) in [4.78, 5) is 0. The number of aliphatic hydroxyl groups excluding tert-OH is 2. The molecule has 120 valence electrons. The third-order valence-corrected chi connectivity index (χ3v) is 3.87. The molecule has 0 amide bonds. The molecule has 3 nitrogen and oxygen atoms in total. The fourth-order valence-corrected chi connectivity index (χ4v) is 2.31. The van der Waals surface area contributed by atoms with Gasteiger partial charge in [0.05, 0.1) is 18.8 Å². The zero-order valence-corrected chi connectivity index (χ0v) is 13.6. The van der Waals surface area contributed by atoms with Crippen molar-refractivity contribution in [1.82, 2.24) is 0 Å². The summed E-state index contributed by atoms with van der Waals surface area (Å²) in [5.74, 6) is 1.12. The highest BCUT2D eigenvalue weighted by Gasteiger charge is 2.16. The molecule has 0 spiro atoms. The molecular formula is C18H30O3. The van der Waals surface area contributed by atoms with Crippen molar-refractivity contribution >= 4 is 0 Å². The summed E-state index contributed by atoms with van der Waals surface area (Å²) in [5, 5.41) is 19.1. The van der Waals surface area contributed by atoms with E-state index in [2.05, 4.69) is 13.8 Å². The van der Waals surface area contributed by atoms with Gasteiger partial charge in [0.15, 0.2) is 0 Å². The summed E-state index contributed by atoms with van der Waals surface area (Å²) < 4.78 is 5.72. The average Bonchev–Trinajstić information content (AvgIpc) is 2.47. The van der Waals surface area contributed by atoms with Crippen molar-refractivity contribution < 1.29 is 14.9 Å². The minimum atomic E-state index is -0.682. The van der Waals surface area contributed by atoms with Crippen LogP contribution in [0.2, 0.25) is 0 Å². The van der Waals surface area contributed by atoms with E-state index in [4.69, 9.17) is 4.74 Å². The molecule has 0 saturated heterocycles. The zero-order chi connectivity index (χ0) is 15.7. The molecule has 0 radical (unpaired) electrons. The molecule has 0 aliphatic carbocycles. The monoisotopic (exact) mass is 294 g/mol. The molecule has 0 fully saturated rings. The molecule has 0 heterocycles. The van der Waals surface area contributed by atoms with Crippen molar-refractivity contribution in [3.63, 3.8) is 0 Å². The van der Waals surface area contributed by atoms with Crippen molar-refractivity contribution in [1.29, 1.82) is 0 Å². The zero-order valence-electron chi connectivity index (χ0n) is 13.6. The van der Waals surface area contributed by atoms with Gasteiger partial charge in [0, 0.05) is 0 Å². The molecule has 21 heavy (non-hydrogen) atoms. The quantitative estimate of drug-likeness (QED) is 0.644. The number of hydrogen-bond acceptors (Lipinski definition) is 3. The van der Waals surface area contributed by atoms with Gasteiger partial charge in [-0.1, -0.05) is 45.2 Å². The molecule has 3 heteroatoms. The second kappa shape index (κ2) is 9.80. The van der Waals surface area contributed by atoms with Crippen LogP contribution >= 0.6 is 0 Å². The lowest BCUT2D eigenvalue weighted by Gasteiger charge is -2.19. The largest absolute Gasteiger partial charge is 0.494 e. The molecule has 2 N–H and O–H groups in total. The molecule has 1 rings (SSSR count). The molecule has 0 aromatic heterocycles. The van der Waals surface area contributed by atoms with Gasteiger partial charge in [-0.2, -0.15) is 0 Å². The Kier molecular flexibility index (Phi) is 8.40. The minimum Gasteiger partial charge on any atom is -0.494 e. The molecule has 3 unspecified atom stereocenters. The van der Waals surface area contributed by atoms with E-state index in [1.165, 1.54) is 19.3 Å². The van der Waals surface area contributed by atoms with Gasteiger partial charge in [0.25, 0.3) is 0 Å². The van der Waals surface area contributed by atoms with Gasteiger partial charge < -0.3 is 14.9 Å². The Labute approximate surface area is 129 Å². The first kappa shape index (κ1) is 18.0. The van der Waals surface area contributed by atoms with Crippen molar-refractivity contribution in [2.45, 2.75) is 71.0 Å². The number of rotatable bonds is 10. The Balaban J connectivity index is 2.39. The number of hydrogen-bond donors (Lipinski definition) is 2. The summed E-state index contributed by atoms with van der Waals surface area (Å²) in [7, 11) is 0. The van der Waals surface area contributed by atoms with E-state index < -0.39 is 12.2 Å². The SMILES string of the molecule is CCCCCCOc1ccc(C(C)CC(O)C(C)O)cc1. The summed E-state index contributed by atoms with van der Waals surface area (Å²) in [5.41, 5.74) is 1.16. The van der Waals surface area contributed by atoms with Gasteiger partial charge in [0.2, 0.25) is 0 Å². The first-order valence-corrected chi connectivity index (χ1v) is 8.13. The normalized spacial score (nSPS) is 15.5. The third kappa shape index (κ3) is 6.96. The first-order valence-electron chi connectivity index (χ1n) is 8.13. The second-order valence-corrected chi connectivity index (χ2v) is 5.92. The lowest BCUT2D eigenvalue weighted by molar-refractivity contribution is 0.0227. The van der Waals surface area contributed by atoms with Crippen LogP contribution in [0.25, 0.3) is 0 Å². The average molecular weight is 294 g/mol. The highest BCUT2D eigenvalue weighted by Crippen LogP contribution is 2.24. The standard InChI is InChI=1S/C18H30O3/c1-4-5-6-7-12-21-17-10-8-16(9-11-17)14(2)13-18(20)15(3)19/h8-11,14-15,18-20H,4-7,12-13H2,1-3H3. The molecular weight excluding hydrogens is 264 g/mol. The Morgan fingerprint density at radius 2 is 1.67 bits per heavy atom. The molecule has 1 aromatic rings. The summed E-state index contributed by atoms with van der Waals surface area (Å²) in [6, 6.07) is 8.06. The third-order valence-electron chi connectivity index (χ3n) is 3.87. The Morgan fingerprint density at radius 3 is 2.24 bits per heavy atom.